The summed E-state index contributed by atoms with van der Waals surface area (Å²) in [4.78, 5) is 0. The summed E-state index contributed by atoms with van der Waals surface area (Å²) in [6.45, 7) is 0. The third kappa shape index (κ3) is 2.74. The van der Waals surface area contributed by atoms with Crippen molar-refractivity contribution in [3.63, 3.8) is 0 Å². The summed E-state index contributed by atoms with van der Waals surface area (Å²) in [7, 11) is 0. The van der Waals surface area contributed by atoms with E-state index >= 15 is 0 Å². The Kier molecular flexibility index (Phi) is 3.78. The maximum atomic E-state index is 13.2. The van der Waals surface area contributed by atoms with E-state index in [1.807, 2.05) is 0 Å². The van der Waals surface area contributed by atoms with Gasteiger partial charge in [-0.15, -0.1) is 0 Å². The lowest BCUT2D eigenvalue weighted by Gasteiger charge is -2.26. The van der Waals surface area contributed by atoms with Gasteiger partial charge in [0.15, 0.2) is 0 Å². The number of alkyl halides is 5. The SMILES string of the molecule is N[C@@H](c1ccc(Br)cc1F)C(F)(F)C(F)(F)F. The van der Waals surface area contributed by atoms with E-state index in [0.29, 0.717) is 0 Å². The van der Waals surface area contributed by atoms with Crippen LogP contribution in [0.3, 0.4) is 0 Å². The van der Waals surface area contributed by atoms with E-state index in [0.717, 1.165) is 18.2 Å². The quantitative estimate of drug-likeness (QED) is 0.824. The van der Waals surface area contributed by atoms with Gasteiger partial charge in [0.25, 0.3) is 0 Å². The second-order valence-corrected chi connectivity index (χ2v) is 4.18. The molecule has 1 nitrogen and oxygen atoms in total. The van der Waals surface area contributed by atoms with Gasteiger partial charge in [-0.3, -0.25) is 0 Å². The van der Waals surface area contributed by atoms with Crippen LogP contribution in [-0.4, -0.2) is 12.1 Å². The zero-order chi connectivity index (χ0) is 13.4. The van der Waals surface area contributed by atoms with Crippen LogP contribution in [0.2, 0.25) is 0 Å². The van der Waals surface area contributed by atoms with Gasteiger partial charge in [-0.25, -0.2) is 4.39 Å². The molecule has 1 rings (SSSR count). The smallest absolute Gasteiger partial charge is 0.319 e. The Balaban J connectivity index is 3.17. The topological polar surface area (TPSA) is 26.0 Å². The predicted molar refractivity (Wildman–Crippen MR) is 52.0 cm³/mol. The Hall–Kier alpha value is -0.760. The van der Waals surface area contributed by atoms with Gasteiger partial charge in [0.2, 0.25) is 0 Å². The lowest BCUT2D eigenvalue weighted by atomic mass is 10.0. The molecule has 96 valence electrons. The first-order valence-electron chi connectivity index (χ1n) is 4.22. The summed E-state index contributed by atoms with van der Waals surface area (Å²) in [6.07, 6.45) is -5.83. The first kappa shape index (κ1) is 14.3. The van der Waals surface area contributed by atoms with E-state index in [-0.39, 0.29) is 4.47 Å². The molecule has 1 atom stereocenters. The third-order valence-electron chi connectivity index (χ3n) is 2.07. The molecule has 0 radical (unpaired) electrons. The van der Waals surface area contributed by atoms with Crippen molar-refractivity contribution in [3.05, 3.63) is 34.1 Å². The largest absolute Gasteiger partial charge is 0.455 e. The van der Waals surface area contributed by atoms with Crippen LogP contribution in [0.15, 0.2) is 22.7 Å². The van der Waals surface area contributed by atoms with Gasteiger partial charge in [0.05, 0.1) is 0 Å². The highest BCUT2D eigenvalue weighted by Gasteiger charge is 2.62. The summed E-state index contributed by atoms with van der Waals surface area (Å²) in [6, 6.07) is -0.105. The van der Waals surface area contributed by atoms with E-state index in [9.17, 15) is 26.3 Å². The monoisotopic (exact) mass is 321 g/mol. The Morgan fingerprint density at radius 2 is 1.65 bits per heavy atom. The van der Waals surface area contributed by atoms with Crippen molar-refractivity contribution in [1.29, 1.82) is 0 Å². The van der Waals surface area contributed by atoms with Crippen LogP contribution in [0, 0.1) is 5.82 Å². The average molecular weight is 322 g/mol. The molecule has 0 aliphatic rings. The van der Waals surface area contributed by atoms with Crippen LogP contribution >= 0.6 is 15.9 Å². The van der Waals surface area contributed by atoms with Gasteiger partial charge in [-0.2, -0.15) is 22.0 Å². The summed E-state index contributed by atoms with van der Waals surface area (Å²) >= 11 is 2.84. The summed E-state index contributed by atoms with van der Waals surface area (Å²) in [5.74, 6) is -6.42. The summed E-state index contributed by atoms with van der Waals surface area (Å²) in [5, 5.41) is 0. The third-order valence-corrected chi connectivity index (χ3v) is 2.56. The first-order valence-corrected chi connectivity index (χ1v) is 5.01. The van der Waals surface area contributed by atoms with Crippen molar-refractivity contribution >= 4 is 15.9 Å². The van der Waals surface area contributed by atoms with Crippen LogP contribution in [0.1, 0.15) is 11.6 Å². The molecule has 17 heavy (non-hydrogen) atoms. The van der Waals surface area contributed by atoms with Gasteiger partial charge >= 0.3 is 12.1 Å². The zero-order valence-electron chi connectivity index (χ0n) is 8.03. The molecule has 0 saturated heterocycles. The Bertz CT molecular complexity index is 416. The zero-order valence-corrected chi connectivity index (χ0v) is 9.62. The van der Waals surface area contributed by atoms with Gasteiger partial charge < -0.3 is 5.73 Å². The van der Waals surface area contributed by atoms with Gasteiger partial charge in [0.1, 0.15) is 11.9 Å². The lowest BCUT2D eigenvalue weighted by Crippen LogP contribution is -2.46. The number of hydrogen-bond acceptors (Lipinski definition) is 1. The van der Waals surface area contributed by atoms with Crippen LogP contribution < -0.4 is 5.73 Å². The van der Waals surface area contributed by atoms with Gasteiger partial charge in [0, 0.05) is 10.0 Å². The summed E-state index contributed by atoms with van der Waals surface area (Å²) < 4.78 is 75.2. The fraction of sp³-hybridized carbons (Fsp3) is 0.333. The van der Waals surface area contributed by atoms with Crippen molar-refractivity contribution in [2.75, 3.05) is 0 Å². The molecule has 0 fully saturated rings. The minimum absolute atomic E-state index is 0.210. The highest BCUT2D eigenvalue weighted by atomic mass is 79.9. The molecule has 0 aliphatic carbocycles. The van der Waals surface area contributed by atoms with E-state index < -0.39 is 29.5 Å². The van der Waals surface area contributed by atoms with Crippen molar-refractivity contribution in [1.82, 2.24) is 0 Å². The molecule has 1 aromatic rings. The van der Waals surface area contributed by atoms with Gasteiger partial charge in [-0.05, 0) is 12.1 Å². The molecule has 0 unspecified atom stereocenters. The molecular formula is C9H6BrF6N. The standard InChI is InChI=1S/C9H6BrF6N/c10-4-1-2-5(6(11)3-4)7(17)8(12,13)9(14,15)16/h1-3,7H,17H2/t7-/m0/s1. The Morgan fingerprint density at radius 3 is 2.06 bits per heavy atom. The number of benzene rings is 1. The first-order chi connectivity index (χ1) is 7.57. The van der Waals surface area contributed by atoms with Crippen molar-refractivity contribution < 1.29 is 26.3 Å². The second-order valence-electron chi connectivity index (χ2n) is 3.26. The fourth-order valence-corrected chi connectivity index (χ4v) is 1.46. The van der Waals surface area contributed by atoms with Crippen molar-refractivity contribution in [2.24, 2.45) is 5.73 Å². The Labute approximate surface area is 101 Å². The molecule has 0 spiro atoms. The highest BCUT2D eigenvalue weighted by Crippen LogP contribution is 2.43. The fourth-order valence-electron chi connectivity index (χ4n) is 1.13. The van der Waals surface area contributed by atoms with Gasteiger partial charge in [-0.1, -0.05) is 22.0 Å². The summed E-state index contributed by atoms with van der Waals surface area (Å²) in [5.41, 5.74) is 3.89. The van der Waals surface area contributed by atoms with Crippen molar-refractivity contribution in [3.8, 4) is 0 Å². The number of hydrogen-bond donors (Lipinski definition) is 1. The number of rotatable bonds is 2. The maximum Gasteiger partial charge on any atom is 0.455 e. The van der Waals surface area contributed by atoms with Crippen LogP contribution in [0.25, 0.3) is 0 Å². The van der Waals surface area contributed by atoms with E-state index in [2.05, 4.69) is 15.9 Å². The number of nitrogens with two attached hydrogens (primary N) is 1. The van der Waals surface area contributed by atoms with E-state index in [4.69, 9.17) is 5.73 Å². The molecule has 0 aromatic heterocycles. The lowest BCUT2D eigenvalue weighted by molar-refractivity contribution is -0.291. The minimum Gasteiger partial charge on any atom is -0.319 e. The second kappa shape index (κ2) is 4.49. The molecule has 0 aliphatic heterocycles. The number of halogens is 7. The molecule has 0 bridgehead atoms. The van der Waals surface area contributed by atoms with Crippen molar-refractivity contribution in [2.45, 2.75) is 18.1 Å². The molecule has 2 N–H and O–H groups in total. The van der Waals surface area contributed by atoms with Crippen LogP contribution in [-0.2, 0) is 0 Å². The molecule has 8 heteroatoms. The van der Waals surface area contributed by atoms with E-state index in [1.54, 1.807) is 0 Å². The molecular weight excluding hydrogens is 316 g/mol. The van der Waals surface area contributed by atoms with E-state index in [1.165, 1.54) is 0 Å². The predicted octanol–water partition coefficient (Wildman–Crippen LogP) is 3.79. The Morgan fingerprint density at radius 1 is 1.12 bits per heavy atom. The molecule has 0 amide bonds. The average Bonchev–Trinajstić information content (AvgIpc) is 2.14. The van der Waals surface area contributed by atoms with Crippen LogP contribution in [0.5, 0.6) is 0 Å². The maximum absolute atomic E-state index is 13.2. The molecule has 0 heterocycles. The van der Waals surface area contributed by atoms with Crippen LogP contribution in [0.4, 0.5) is 26.3 Å². The molecule has 0 saturated carbocycles. The highest BCUT2D eigenvalue weighted by molar-refractivity contribution is 9.10. The molecule has 1 aromatic carbocycles. The minimum atomic E-state index is -5.83. The normalized spacial score (nSPS) is 14.8.